The lowest BCUT2D eigenvalue weighted by Crippen LogP contribution is -1.98. The van der Waals surface area contributed by atoms with Crippen LogP contribution < -0.4 is 0 Å². The molecule has 2 nitrogen and oxygen atoms in total. The highest BCUT2D eigenvalue weighted by Gasteiger charge is 2.06. The van der Waals surface area contributed by atoms with E-state index in [4.69, 9.17) is 0 Å². The Morgan fingerprint density at radius 3 is 2.23 bits per heavy atom. The Morgan fingerprint density at radius 1 is 0.808 bits per heavy atom. The number of nitrogens with zero attached hydrogens (tertiary/aromatic N) is 2. The summed E-state index contributed by atoms with van der Waals surface area (Å²) in [7, 11) is 0. The van der Waals surface area contributed by atoms with Crippen LogP contribution in [0.5, 0.6) is 0 Å². The molecule has 0 aliphatic rings. The molecule has 0 aliphatic heterocycles. The summed E-state index contributed by atoms with van der Waals surface area (Å²) >= 11 is 0. The molecule has 0 unspecified atom stereocenters. The molecule has 1 aromatic heterocycles. The van der Waals surface area contributed by atoms with Crippen LogP contribution in [0.25, 0.3) is 11.0 Å². The lowest BCUT2D eigenvalue weighted by Gasteiger charge is -2.08. The fourth-order valence-corrected chi connectivity index (χ4v) is 3.56. The van der Waals surface area contributed by atoms with E-state index in [1.54, 1.807) is 0 Å². The van der Waals surface area contributed by atoms with Gasteiger partial charge in [-0.2, -0.15) is 0 Å². The molecule has 0 spiro atoms. The Morgan fingerprint density at radius 2 is 1.46 bits per heavy atom. The van der Waals surface area contributed by atoms with Gasteiger partial charge in [-0.05, 0) is 61.1 Å². The molecule has 0 N–H and O–H groups in total. The third kappa shape index (κ3) is 4.75. The first-order chi connectivity index (χ1) is 12.7. The van der Waals surface area contributed by atoms with Crippen molar-refractivity contribution < 1.29 is 0 Å². The average Bonchev–Trinajstić information content (AvgIpc) is 3.01. The Labute approximate surface area is 158 Å². The number of hydrogen-bond donors (Lipinski definition) is 0. The average molecular weight is 349 g/mol. The monoisotopic (exact) mass is 348 g/mol. The van der Waals surface area contributed by atoms with Crippen molar-refractivity contribution in [3.05, 3.63) is 65.0 Å². The fraction of sp³-hybridized carbons (Fsp3) is 0.458. The van der Waals surface area contributed by atoms with E-state index in [1.165, 1.54) is 72.7 Å². The molecule has 1 heterocycles. The number of hydrogen-bond acceptors (Lipinski definition) is 1. The lowest BCUT2D eigenvalue weighted by atomic mass is 10.0. The fourth-order valence-electron chi connectivity index (χ4n) is 3.56. The van der Waals surface area contributed by atoms with E-state index in [1.807, 2.05) is 6.33 Å². The van der Waals surface area contributed by atoms with Gasteiger partial charge in [0.15, 0.2) is 0 Å². The van der Waals surface area contributed by atoms with E-state index in [-0.39, 0.29) is 0 Å². The molecule has 26 heavy (non-hydrogen) atoms. The van der Waals surface area contributed by atoms with Gasteiger partial charge >= 0.3 is 0 Å². The highest BCUT2D eigenvalue weighted by atomic mass is 15.0. The van der Waals surface area contributed by atoms with Crippen LogP contribution in [0.15, 0.2) is 42.7 Å². The molecular formula is C24H32N2. The highest BCUT2D eigenvalue weighted by molar-refractivity contribution is 5.77. The van der Waals surface area contributed by atoms with Crippen molar-refractivity contribution in [2.24, 2.45) is 0 Å². The number of unbranched alkanes of at least 4 members (excludes halogenated alkanes) is 5. The van der Waals surface area contributed by atoms with Gasteiger partial charge in [-0.15, -0.1) is 0 Å². The van der Waals surface area contributed by atoms with Gasteiger partial charge in [-0.1, -0.05) is 63.3 Å². The van der Waals surface area contributed by atoms with Gasteiger partial charge in [0.1, 0.15) is 0 Å². The summed E-state index contributed by atoms with van der Waals surface area (Å²) in [5.74, 6) is 0. The van der Waals surface area contributed by atoms with E-state index < -0.39 is 0 Å². The molecule has 138 valence electrons. The van der Waals surface area contributed by atoms with Gasteiger partial charge in [0.2, 0.25) is 0 Å². The molecule has 0 saturated heterocycles. The first-order valence-corrected chi connectivity index (χ1v) is 10.2. The minimum atomic E-state index is 0.885. The normalized spacial score (nSPS) is 11.3. The number of aryl methyl sites for hydroxylation is 3. The van der Waals surface area contributed by atoms with Crippen LogP contribution in [0, 0.1) is 13.8 Å². The maximum atomic E-state index is 4.57. The van der Waals surface area contributed by atoms with E-state index in [0.717, 1.165) is 12.1 Å². The van der Waals surface area contributed by atoms with Crippen LogP contribution in [-0.4, -0.2) is 9.55 Å². The van der Waals surface area contributed by atoms with Gasteiger partial charge < -0.3 is 4.57 Å². The van der Waals surface area contributed by atoms with Crippen molar-refractivity contribution in [1.82, 2.24) is 9.55 Å². The van der Waals surface area contributed by atoms with Gasteiger partial charge in [-0.25, -0.2) is 4.98 Å². The summed E-state index contributed by atoms with van der Waals surface area (Å²) in [5, 5.41) is 0. The standard InChI is InChI=1S/C24H32N2/c1-4-5-6-7-8-9-10-21-11-13-22(14-12-21)17-26-18-25-23-15-19(2)20(3)16-24(23)26/h11-16,18H,4-10,17H2,1-3H3. The number of imidazole rings is 1. The minimum absolute atomic E-state index is 0.885. The summed E-state index contributed by atoms with van der Waals surface area (Å²) in [6.45, 7) is 7.48. The second-order valence-corrected chi connectivity index (χ2v) is 7.63. The van der Waals surface area contributed by atoms with Crippen molar-refractivity contribution in [1.29, 1.82) is 0 Å². The molecule has 0 amide bonds. The summed E-state index contributed by atoms with van der Waals surface area (Å²) in [5.41, 5.74) is 7.76. The van der Waals surface area contributed by atoms with Crippen LogP contribution in [0.2, 0.25) is 0 Å². The second-order valence-electron chi connectivity index (χ2n) is 7.63. The zero-order valence-electron chi connectivity index (χ0n) is 16.6. The van der Waals surface area contributed by atoms with E-state index in [2.05, 4.69) is 66.7 Å². The van der Waals surface area contributed by atoms with Crippen molar-refractivity contribution in [3.8, 4) is 0 Å². The van der Waals surface area contributed by atoms with Crippen molar-refractivity contribution in [2.75, 3.05) is 0 Å². The zero-order valence-corrected chi connectivity index (χ0v) is 16.6. The summed E-state index contributed by atoms with van der Waals surface area (Å²) in [6.07, 6.45) is 11.3. The smallest absolute Gasteiger partial charge is 0.0961 e. The predicted octanol–water partition coefficient (Wildman–Crippen LogP) is 6.60. The van der Waals surface area contributed by atoms with E-state index >= 15 is 0 Å². The van der Waals surface area contributed by atoms with Crippen LogP contribution in [0.1, 0.15) is 67.7 Å². The molecule has 2 aromatic carbocycles. The molecule has 0 fully saturated rings. The maximum Gasteiger partial charge on any atom is 0.0961 e. The van der Waals surface area contributed by atoms with Gasteiger partial charge in [0, 0.05) is 6.54 Å². The molecule has 3 rings (SSSR count). The third-order valence-electron chi connectivity index (χ3n) is 5.43. The first-order valence-electron chi connectivity index (χ1n) is 10.2. The topological polar surface area (TPSA) is 17.8 Å². The van der Waals surface area contributed by atoms with Crippen LogP contribution in [0.4, 0.5) is 0 Å². The number of fused-ring (bicyclic) bond motifs is 1. The predicted molar refractivity (Wildman–Crippen MR) is 112 cm³/mol. The Kier molecular flexibility index (Phi) is 6.49. The molecule has 2 heteroatoms. The second kappa shape index (κ2) is 9.02. The largest absolute Gasteiger partial charge is 0.326 e. The third-order valence-corrected chi connectivity index (χ3v) is 5.43. The SMILES string of the molecule is CCCCCCCCc1ccc(Cn2cnc3cc(C)c(C)cc32)cc1. The Balaban J connectivity index is 1.57. The molecule has 0 bridgehead atoms. The number of aromatic nitrogens is 2. The summed E-state index contributed by atoms with van der Waals surface area (Å²) in [4.78, 5) is 4.57. The first kappa shape index (κ1) is 18.7. The quantitative estimate of drug-likeness (QED) is 0.398. The van der Waals surface area contributed by atoms with Crippen LogP contribution in [-0.2, 0) is 13.0 Å². The molecule has 3 aromatic rings. The van der Waals surface area contributed by atoms with Gasteiger partial charge in [0.05, 0.1) is 17.4 Å². The molecular weight excluding hydrogens is 316 g/mol. The van der Waals surface area contributed by atoms with Gasteiger partial charge in [-0.3, -0.25) is 0 Å². The molecule has 0 saturated carbocycles. The summed E-state index contributed by atoms with van der Waals surface area (Å²) < 4.78 is 2.25. The number of rotatable bonds is 9. The van der Waals surface area contributed by atoms with E-state index in [9.17, 15) is 0 Å². The maximum absolute atomic E-state index is 4.57. The Bertz CT molecular complexity index is 827. The van der Waals surface area contributed by atoms with Crippen molar-refractivity contribution in [3.63, 3.8) is 0 Å². The minimum Gasteiger partial charge on any atom is -0.326 e. The zero-order chi connectivity index (χ0) is 18.4. The molecule has 0 atom stereocenters. The Hall–Kier alpha value is -2.09. The van der Waals surface area contributed by atoms with Gasteiger partial charge in [0.25, 0.3) is 0 Å². The number of benzene rings is 2. The molecule has 0 aliphatic carbocycles. The van der Waals surface area contributed by atoms with E-state index in [0.29, 0.717) is 0 Å². The van der Waals surface area contributed by atoms with Crippen LogP contribution >= 0.6 is 0 Å². The lowest BCUT2D eigenvalue weighted by molar-refractivity contribution is 0.607. The summed E-state index contributed by atoms with van der Waals surface area (Å²) in [6, 6.07) is 13.6. The van der Waals surface area contributed by atoms with Crippen molar-refractivity contribution in [2.45, 2.75) is 72.3 Å². The highest BCUT2D eigenvalue weighted by Crippen LogP contribution is 2.20. The van der Waals surface area contributed by atoms with Crippen molar-refractivity contribution >= 4 is 11.0 Å². The van der Waals surface area contributed by atoms with Crippen LogP contribution in [0.3, 0.4) is 0 Å². The molecule has 0 radical (unpaired) electrons.